The third-order valence-electron chi connectivity index (χ3n) is 12.0. The lowest BCUT2D eigenvalue weighted by Crippen LogP contribution is -2.55. The normalized spacial score (nSPS) is 26.1. The van der Waals surface area contributed by atoms with Crippen LogP contribution in [0.5, 0.6) is 11.5 Å². The summed E-state index contributed by atoms with van der Waals surface area (Å²) in [5.74, 6) is 1.17. The number of ether oxygens (including phenoxy) is 4. The van der Waals surface area contributed by atoms with Crippen LogP contribution >= 0.6 is 30.9 Å². The molecule has 10 N–H and O–H groups in total. The van der Waals surface area contributed by atoms with Crippen LogP contribution in [0.3, 0.4) is 0 Å². The molecule has 0 aromatic heterocycles. The van der Waals surface area contributed by atoms with Gasteiger partial charge in [0, 0.05) is 22.9 Å². The highest BCUT2D eigenvalue weighted by Gasteiger charge is 2.45. The third-order valence-corrected chi connectivity index (χ3v) is 13.8. The highest BCUT2D eigenvalue weighted by Crippen LogP contribution is 2.41. The largest absolute Gasteiger partial charge is 0.488 e. The zero-order chi connectivity index (χ0) is 48.8. The van der Waals surface area contributed by atoms with Gasteiger partial charge in [-0.15, -0.1) is 0 Å². The molecule has 16 nitrogen and oxygen atoms in total. The fourth-order valence-corrected chi connectivity index (χ4v) is 9.11. The van der Waals surface area contributed by atoms with Gasteiger partial charge in [-0.2, -0.15) is 0 Å². The molecule has 0 radical (unpaired) electrons. The minimum atomic E-state index is -3.92. The number of benzene rings is 4. The van der Waals surface area contributed by atoms with Crippen molar-refractivity contribution >= 4 is 30.9 Å². The second-order valence-corrected chi connectivity index (χ2v) is 20.7. The van der Waals surface area contributed by atoms with Crippen molar-refractivity contribution in [1.82, 2.24) is 0 Å². The molecule has 0 bridgehead atoms. The van der Waals surface area contributed by atoms with Crippen LogP contribution in [0.4, 0.5) is 0 Å². The quantitative estimate of drug-likeness (QED) is 0.0522. The van der Waals surface area contributed by atoms with Crippen LogP contribution < -0.4 is 15.0 Å². The molecule has 4 aromatic carbocycles. The van der Waals surface area contributed by atoms with E-state index >= 15 is 0 Å². The number of hydrogen-bond acceptors (Lipinski definition) is 15. The van der Waals surface area contributed by atoms with Gasteiger partial charge >= 0.3 is 7.75 Å². The van der Waals surface area contributed by atoms with Gasteiger partial charge in [0.2, 0.25) is 0 Å². The summed E-state index contributed by atoms with van der Waals surface area (Å²) in [5, 5.41) is 82.3. The summed E-state index contributed by atoms with van der Waals surface area (Å²) in [6.45, 7) is 6.40. The maximum absolute atomic E-state index is 13.0. The van der Waals surface area contributed by atoms with E-state index in [1.807, 2.05) is 76.2 Å². The van der Waals surface area contributed by atoms with Crippen LogP contribution in [0, 0.1) is 0 Å². The molecule has 19 heteroatoms. The number of hydrogen-bond donors (Lipinski definition) is 9. The van der Waals surface area contributed by atoms with Gasteiger partial charge in [-0.05, 0) is 110 Å². The number of nitrogens with two attached hydrogens (primary N) is 1. The first-order chi connectivity index (χ1) is 31.6. The highest BCUT2D eigenvalue weighted by atomic mass is 35.5. The summed E-state index contributed by atoms with van der Waals surface area (Å²) in [5.41, 5.74) is 8.84. The number of aliphatic hydroxyl groups is 8. The van der Waals surface area contributed by atoms with Crippen LogP contribution in [0.1, 0.15) is 86.1 Å². The number of aliphatic hydroxyl groups excluding tert-OH is 8. The molecule has 6 rings (SSSR count). The Morgan fingerprint density at radius 1 is 0.567 bits per heavy atom. The van der Waals surface area contributed by atoms with Gasteiger partial charge in [-0.25, -0.2) is 10.1 Å². The van der Waals surface area contributed by atoms with Crippen molar-refractivity contribution in [3.63, 3.8) is 0 Å². The monoisotopic (exact) mass is 993 g/mol. The van der Waals surface area contributed by atoms with Crippen LogP contribution in [0.2, 0.25) is 10.0 Å². The molecule has 2 aliphatic rings. The molecule has 368 valence electrons. The van der Waals surface area contributed by atoms with E-state index in [-0.39, 0.29) is 13.2 Å². The smallest absolute Gasteiger partial charge is 0.402 e. The molecule has 2 saturated heterocycles. The lowest BCUT2D eigenvalue weighted by molar-refractivity contribution is -0.231. The van der Waals surface area contributed by atoms with E-state index in [1.165, 1.54) is 0 Å². The van der Waals surface area contributed by atoms with Gasteiger partial charge in [0.05, 0.1) is 26.4 Å². The maximum atomic E-state index is 13.0. The first-order valence-corrected chi connectivity index (χ1v) is 24.4. The third kappa shape index (κ3) is 14.0. The second kappa shape index (κ2) is 22.7. The van der Waals surface area contributed by atoms with E-state index in [2.05, 4.69) is 0 Å². The fraction of sp³-hybridized carbons (Fsp3) is 0.500. The first kappa shape index (κ1) is 53.1. The lowest BCUT2D eigenvalue weighted by atomic mass is 9.90. The molecular weight excluding hydrogens is 932 g/mol. The standard InChI is InChI=1S/C48H62Cl2NO15P/c1-47(2,65-33-11-5-27(6-12-33)21-31-23-29(9-15-35(31)49)45-43(58)41(56)39(54)37(25-52)63-45)17-19-61-67(51,60)62-20-18-48(3,4)66-34-13-7-28(8-14-34)22-32-24-30(10-16-36(32)50)46-44(59)42(57)40(55)38(26-53)64-46/h5-16,23-24,37-46,52-59H,17-22,25-26H2,1-4H3,(H2,51,60)/t37-,38-,39+,40+,41+,42+,43-,44-,45-,46-/m1/s1. The molecule has 0 aliphatic carbocycles. The zero-order valence-electron chi connectivity index (χ0n) is 37.7. The summed E-state index contributed by atoms with van der Waals surface area (Å²) < 4.78 is 47.9. The van der Waals surface area contributed by atoms with Crippen molar-refractivity contribution in [2.45, 2.75) is 126 Å². The minimum Gasteiger partial charge on any atom is -0.488 e. The van der Waals surface area contributed by atoms with Gasteiger partial charge in [0.1, 0.15) is 83.7 Å². The van der Waals surface area contributed by atoms with Crippen molar-refractivity contribution in [3.05, 3.63) is 128 Å². The van der Waals surface area contributed by atoms with E-state index in [9.17, 15) is 45.4 Å². The Morgan fingerprint density at radius 2 is 0.925 bits per heavy atom. The Balaban J connectivity index is 0.931. The summed E-state index contributed by atoms with van der Waals surface area (Å²) in [6.07, 6.45) is -11.2. The summed E-state index contributed by atoms with van der Waals surface area (Å²) >= 11 is 13.1. The fourth-order valence-electron chi connectivity index (χ4n) is 7.97. The molecule has 2 fully saturated rings. The van der Waals surface area contributed by atoms with E-state index in [1.54, 1.807) is 36.4 Å². The van der Waals surface area contributed by atoms with Crippen molar-refractivity contribution in [1.29, 1.82) is 0 Å². The molecule has 0 saturated carbocycles. The molecule has 0 spiro atoms. The van der Waals surface area contributed by atoms with E-state index < -0.39 is 93.2 Å². The van der Waals surface area contributed by atoms with Crippen LogP contribution in [-0.2, 0) is 35.9 Å². The zero-order valence-corrected chi connectivity index (χ0v) is 40.1. The van der Waals surface area contributed by atoms with Crippen molar-refractivity contribution in [2.75, 3.05) is 26.4 Å². The van der Waals surface area contributed by atoms with E-state index in [0.717, 1.165) is 22.3 Å². The Morgan fingerprint density at radius 3 is 1.27 bits per heavy atom. The topological polar surface area (TPSA) is 260 Å². The van der Waals surface area contributed by atoms with Gasteiger partial charge < -0.3 is 59.8 Å². The van der Waals surface area contributed by atoms with E-state index in [4.69, 9.17) is 56.7 Å². The molecule has 67 heavy (non-hydrogen) atoms. The average Bonchev–Trinajstić information content (AvgIpc) is 3.27. The van der Waals surface area contributed by atoms with Crippen LogP contribution in [-0.4, -0.2) is 127 Å². The summed E-state index contributed by atoms with van der Waals surface area (Å²) in [6, 6.07) is 25.0. The van der Waals surface area contributed by atoms with Crippen molar-refractivity contribution in [2.24, 2.45) is 5.50 Å². The SMILES string of the molecule is CC(C)(CCOP(N)(=O)OCCC(C)(C)Oc1ccc(Cc2cc([C@H]3O[C@H](CO)[C@H](O)[C@H](O)[C@H]3O)ccc2Cl)cc1)Oc1ccc(Cc2cc([C@H]3O[C@H](CO)[C@H](O)[C@H](O)[C@H]3O)ccc2Cl)cc1. The Labute approximate surface area is 400 Å². The van der Waals surface area contributed by atoms with Crippen LogP contribution in [0.15, 0.2) is 84.9 Å². The van der Waals surface area contributed by atoms with Crippen molar-refractivity contribution in [3.8, 4) is 11.5 Å². The molecule has 0 unspecified atom stereocenters. The first-order valence-electron chi connectivity index (χ1n) is 22.0. The molecule has 2 aliphatic heterocycles. The molecule has 10 atom stereocenters. The highest BCUT2D eigenvalue weighted by molar-refractivity contribution is 7.51. The van der Waals surface area contributed by atoms with Gasteiger partial charge in [0.15, 0.2) is 0 Å². The summed E-state index contributed by atoms with van der Waals surface area (Å²) in [4.78, 5) is 0. The molecule has 2 heterocycles. The van der Waals surface area contributed by atoms with Gasteiger partial charge in [-0.1, -0.05) is 71.7 Å². The predicted octanol–water partition coefficient (Wildman–Crippen LogP) is 5.10. The Bertz CT molecular complexity index is 2130. The molecule has 0 amide bonds. The van der Waals surface area contributed by atoms with Gasteiger partial charge in [0.25, 0.3) is 0 Å². The molecule has 4 aromatic rings. The number of halogens is 2. The van der Waals surface area contributed by atoms with Crippen LogP contribution in [0.25, 0.3) is 0 Å². The average molecular weight is 995 g/mol. The minimum absolute atomic E-state index is 0.00234. The predicted molar refractivity (Wildman–Crippen MR) is 249 cm³/mol. The van der Waals surface area contributed by atoms with E-state index in [0.29, 0.717) is 58.4 Å². The molecular formula is C48H62Cl2NO15P. The lowest BCUT2D eigenvalue weighted by Gasteiger charge is -2.40. The maximum Gasteiger partial charge on any atom is 0.402 e. The Hall–Kier alpha value is -3.23. The van der Waals surface area contributed by atoms with Gasteiger partial charge in [-0.3, -0.25) is 9.05 Å². The number of rotatable bonds is 20. The van der Waals surface area contributed by atoms with Crippen molar-refractivity contribution < 1.29 is 73.4 Å². The second-order valence-electron chi connectivity index (χ2n) is 18.3. The summed E-state index contributed by atoms with van der Waals surface area (Å²) in [7, 11) is -3.92. The Kier molecular flexibility index (Phi) is 18.0.